The largest absolute Gasteiger partial charge is 0.503 e. The van der Waals surface area contributed by atoms with E-state index in [0.717, 1.165) is 12.8 Å². The third-order valence-electron chi connectivity index (χ3n) is 4.90. The van der Waals surface area contributed by atoms with E-state index in [1.807, 2.05) is 0 Å². The number of hydrogen-bond donors (Lipinski definition) is 4. The van der Waals surface area contributed by atoms with Crippen LogP contribution in [-0.4, -0.2) is 48.7 Å². The Hall–Kier alpha value is -3.12. The fraction of sp³-hybridized carbons (Fsp3) is 0.333. The zero-order valence-corrected chi connectivity index (χ0v) is 23.1. The van der Waals surface area contributed by atoms with Gasteiger partial charge in [0.25, 0.3) is 0 Å². The van der Waals surface area contributed by atoms with Crippen LogP contribution in [0.5, 0.6) is 23.0 Å². The van der Waals surface area contributed by atoms with Gasteiger partial charge in [0.15, 0.2) is 23.0 Å². The molecule has 2 amide bonds. The maximum atomic E-state index is 11.9. The smallest absolute Gasteiger partial charge is 0.240 e. The molecular formula is C24H28Br2N4O6. The lowest BCUT2D eigenvalue weighted by Gasteiger charge is -2.06. The molecule has 0 aliphatic carbocycles. The number of aromatic hydroxyl groups is 2. The summed E-state index contributed by atoms with van der Waals surface area (Å²) in [6.07, 6.45) is 6.53. The summed E-state index contributed by atoms with van der Waals surface area (Å²) in [6.45, 7) is 0. The normalized spacial score (nSPS) is 11.1. The second kappa shape index (κ2) is 15.1. The standard InChI is InChI=1S/C24H28Br2N4O6/c1-35-19-11-15(9-17(25)23(19)33)13-27-29-21(31)7-5-3-4-6-8-22(32)30-28-14-16-10-18(26)24(34)20(12-16)36-2/h9-14,33-34H,3-8H2,1-2H3,(H,29,31)(H,30,32)/b27-13+,28-14+. The number of carbonyl (C=O) groups is 2. The Balaban J connectivity index is 1.61. The van der Waals surface area contributed by atoms with Crippen LogP contribution >= 0.6 is 31.9 Å². The number of halogens is 2. The number of phenols is 2. The Bertz CT molecular complexity index is 1040. The number of ether oxygens (including phenoxy) is 2. The average molecular weight is 628 g/mol. The van der Waals surface area contributed by atoms with E-state index in [0.29, 0.717) is 57.3 Å². The van der Waals surface area contributed by atoms with E-state index in [9.17, 15) is 19.8 Å². The van der Waals surface area contributed by atoms with Crippen molar-refractivity contribution in [1.29, 1.82) is 0 Å². The molecule has 2 rings (SSSR count). The molecule has 12 heteroatoms. The van der Waals surface area contributed by atoms with Crippen LogP contribution in [0, 0.1) is 0 Å². The number of nitrogens with one attached hydrogen (secondary N) is 2. The Morgan fingerprint density at radius 3 is 1.53 bits per heavy atom. The van der Waals surface area contributed by atoms with E-state index in [-0.39, 0.29) is 23.3 Å². The van der Waals surface area contributed by atoms with Crippen LogP contribution in [0.4, 0.5) is 0 Å². The van der Waals surface area contributed by atoms with Gasteiger partial charge in [-0.25, -0.2) is 10.9 Å². The van der Waals surface area contributed by atoms with Crippen molar-refractivity contribution in [2.24, 2.45) is 10.2 Å². The SMILES string of the molecule is COc1cc(/C=N/NC(=O)CCCCCCC(=O)N/N=C/c2cc(Br)c(O)c(OC)c2)cc(Br)c1O. The molecule has 0 saturated heterocycles. The number of hydrazone groups is 2. The Morgan fingerprint density at radius 2 is 1.17 bits per heavy atom. The maximum Gasteiger partial charge on any atom is 0.240 e. The number of carbonyl (C=O) groups excluding carboxylic acids is 2. The Morgan fingerprint density at radius 1 is 0.778 bits per heavy atom. The molecule has 0 fully saturated rings. The fourth-order valence-electron chi connectivity index (χ4n) is 3.04. The van der Waals surface area contributed by atoms with E-state index in [1.165, 1.54) is 26.6 Å². The van der Waals surface area contributed by atoms with Gasteiger partial charge < -0.3 is 19.7 Å². The lowest BCUT2D eigenvalue weighted by Crippen LogP contribution is -2.17. The number of hydrogen-bond acceptors (Lipinski definition) is 8. The Labute approximate surface area is 226 Å². The highest BCUT2D eigenvalue weighted by atomic mass is 79.9. The summed E-state index contributed by atoms with van der Waals surface area (Å²) in [5.41, 5.74) is 6.24. The summed E-state index contributed by atoms with van der Waals surface area (Å²) >= 11 is 6.46. The van der Waals surface area contributed by atoms with Gasteiger partial charge in [0.05, 0.1) is 35.6 Å². The van der Waals surface area contributed by atoms with Crippen molar-refractivity contribution in [3.63, 3.8) is 0 Å². The summed E-state index contributed by atoms with van der Waals surface area (Å²) < 4.78 is 11.1. The molecule has 0 aliphatic rings. The summed E-state index contributed by atoms with van der Waals surface area (Å²) in [5.74, 6) is 0.161. The van der Waals surface area contributed by atoms with Crippen LogP contribution in [0.3, 0.4) is 0 Å². The molecule has 194 valence electrons. The molecule has 4 N–H and O–H groups in total. The zero-order chi connectivity index (χ0) is 26.5. The van der Waals surface area contributed by atoms with Crippen molar-refractivity contribution < 1.29 is 29.3 Å². The molecule has 0 spiro atoms. The van der Waals surface area contributed by atoms with Gasteiger partial charge in [0.2, 0.25) is 11.8 Å². The summed E-state index contributed by atoms with van der Waals surface area (Å²) in [4.78, 5) is 23.9. The third-order valence-corrected chi connectivity index (χ3v) is 6.11. The van der Waals surface area contributed by atoms with Gasteiger partial charge >= 0.3 is 0 Å². The minimum Gasteiger partial charge on any atom is -0.503 e. The number of nitrogens with zero attached hydrogens (tertiary/aromatic N) is 2. The molecule has 10 nitrogen and oxygen atoms in total. The van der Waals surface area contributed by atoms with Crippen LogP contribution < -0.4 is 20.3 Å². The summed E-state index contributed by atoms with van der Waals surface area (Å²) in [5, 5.41) is 27.5. The minimum absolute atomic E-state index is 0.00702. The number of methoxy groups -OCH3 is 2. The molecule has 0 aromatic heterocycles. The van der Waals surface area contributed by atoms with E-state index in [4.69, 9.17) is 9.47 Å². The topological polar surface area (TPSA) is 142 Å². The van der Waals surface area contributed by atoms with Crippen LogP contribution in [0.2, 0.25) is 0 Å². The van der Waals surface area contributed by atoms with Crippen molar-refractivity contribution >= 4 is 56.1 Å². The van der Waals surface area contributed by atoms with Gasteiger partial charge in [-0.15, -0.1) is 0 Å². The van der Waals surface area contributed by atoms with Gasteiger partial charge in [0.1, 0.15) is 0 Å². The molecule has 36 heavy (non-hydrogen) atoms. The molecule has 0 unspecified atom stereocenters. The highest BCUT2D eigenvalue weighted by Crippen LogP contribution is 2.35. The molecule has 0 aliphatic heterocycles. The van der Waals surface area contributed by atoms with E-state index in [2.05, 4.69) is 52.9 Å². The first-order valence-corrected chi connectivity index (χ1v) is 12.6. The van der Waals surface area contributed by atoms with Gasteiger partial charge in [-0.1, -0.05) is 12.8 Å². The van der Waals surface area contributed by atoms with E-state index < -0.39 is 0 Å². The third kappa shape index (κ3) is 9.50. The highest BCUT2D eigenvalue weighted by molar-refractivity contribution is 9.10. The predicted molar refractivity (Wildman–Crippen MR) is 144 cm³/mol. The van der Waals surface area contributed by atoms with Crippen molar-refractivity contribution in [3.8, 4) is 23.0 Å². The number of amides is 2. The molecule has 2 aromatic carbocycles. The van der Waals surface area contributed by atoms with Crippen LogP contribution in [-0.2, 0) is 9.59 Å². The van der Waals surface area contributed by atoms with Crippen molar-refractivity contribution in [3.05, 3.63) is 44.3 Å². The molecule has 2 aromatic rings. The molecule has 0 heterocycles. The number of benzene rings is 2. The monoisotopic (exact) mass is 626 g/mol. The lowest BCUT2D eigenvalue weighted by atomic mass is 10.1. The second-order valence-corrected chi connectivity index (χ2v) is 9.32. The van der Waals surface area contributed by atoms with Crippen LogP contribution in [0.25, 0.3) is 0 Å². The maximum absolute atomic E-state index is 11.9. The molecule has 0 radical (unpaired) electrons. The first-order chi connectivity index (χ1) is 17.2. The first-order valence-electron chi connectivity index (χ1n) is 11.0. The van der Waals surface area contributed by atoms with Gasteiger partial charge in [-0.3, -0.25) is 9.59 Å². The van der Waals surface area contributed by atoms with Gasteiger partial charge in [0, 0.05) is 12.8 Å². The highest BCUT2D eigenvalue weighted by Gasteiger charge is 2.09. The summed E-state index contributed by atoms with van der Waals surface area (Å²) in [6, 6.07) is 6.50. The van der Waals surface area contributed by atoms with E-state index in [1.54, 1.807) is 24.3 Å². The summed E-state index contributed by atoms with van der Waals surface area (Å²) in [7, 11) is 2.89. The average Bonchev–Trinajstić information content (AvgIpc) is 2.85. The molecule has 0 bridgehead atoms. The molecule has 0 atom stereocenters. The lowest BCUT2D eigenvalue weighted by molar-refractivity contribution is -0.122. The van der Waals surface area contributed by atoms with Gasteiger partial charge in [-0.05, 0) is 80.1 Å². The fourth-order valence-corrected chi connectivity index (χ4v) is 3.96. The Kier molecular flexibility index (Phi) is 12.2. The van der Waals surface area contributed by atoms with Crippen molar-refractivity contribution in [2.75, 3.05) is 14.2 Å². The molecule has 0 saturated carbocycles. The zero-order valence-electron chi connectivity index (χ0n) is 19.9. The van der Waals surface area contributed by atoms with Crippen molar-refractivity contribution in [2.45, 2.75) is 38.5 Å². The van der Waals surface area contributed by atoms with Gasteiger partial charge in [-0.2, -0.15) is 10.2 Å². The predicted octanol–water partition coefficient (Wildman–Crippen LogP) is 4.58. The second-order valence-electron chi connectivity index (χ2n) is 7.61. The number of phenolic OH excluding ortho intramolecular Hbond substituents is 2. The molecular weight excluding hydrogens is 600 g/mol. The first kappa shape index (κ1) is 29.1. The van der Waals surface area contributed by atoms with Crippen LogP contribution in [0.15, 0.2) is 43.4 Å². The number of unbranched alkanes of at least 4 members (excludes halogenated alkanes) is 3. The number of rotatable bonds is 13. The minimum atomic E-state index is -0.208. The van der Waals surface area contributed by atoms with Crippen molar-refractivity contribution in [1.82, 2.24) is 10.9 Å². The van der Waals surface area contributed by atoms with E-state index >= 15 is 0 Å². The van der Waals surface area contributed by atoms with Crippen LogP contribution in [0.1, 0.15) is 49.7 Å². The quantitative estimate of drug-likeness (QED) is 0.145.